The van der Waals surface area contributed by atoms with Gasteiger partial charge in [-0.15, -0.1) is 11.8 Å². The van der Waals surface area contributed by atoms with E-state index in [-0.39, 0.29) is 5.97 Å². The first-order chi connectivity index (χ1) is 8.01. The molecule has 1 N–H and O–H groups in total. The molecule has 1 aromatic heterocycles. The predicted octanol–water partition coefficient (Wildman–Crippen LogP) is 1.05. The van der Waals surface area contributed by atoms with Gasteiger partial charge in [-0.3, -0.25) is 9.48 Å². The molecular weight excluding hydrogens is 238 g/mol. The summed E-state index contributed by atoms with van der Waals surface area (Å²) in [6, 6.07) is 0. The van der Waals surface area contributed by atoms with Crippen molar-refractivity contribution in [2.75, 3.05) is 19.4 Å². The van der Waals surface area contributed by atoms with Crippen molar-refractivity contribution in [2.45, 2.75) is 24.3 Å². The van der Waals surface area contributed by atoms with Crippen LogP contribution in [-0.2, 0) is 16.6 Å². The first-order valence-corrected chi connectivity index (χ1v) is 6.45. The van der Waals surface area contributed by atoms with E-state index in [0.29, 0.717) is 5.75 Å². The predicted molar refractivity (Wildman–Crippen MR) is 68.0 cm³/mol. The lowest BCUT2D eigenvalue weighted by Gasteiger charge is -2.26. The lowest BCUT2D eigenvalue weighted by molar-refractivity contribution is -0.146. The van der Waals surface area contributed by atoms with Gasteiger partial charge in [-0.25, -0.2) is 0 Å². The third-order valence-electron chi connectivity index (χ3n) is 2.41. The van der Waals surface area contributed by atoms with Crippen molar-refractivity contribution in [1.82, 2.24) is 15.1 Å². The van der Waals surface area contributed by atoms with E-state index in [0.717, 1.165) is 11.4 Å². The standard InChI is InChI=1S/C11H19N3O2S/c1-5-12-11(2,10(15)16-4)8-17-9-6-13-14(3)7-9/h6-7,12H,5,8H2,1-4H3. The van der Waals surface area contributed by atoms with E-state index in [1.165, 1.54) is 7.11 Å². The van der Waals surface area contributed by atoms with Gasteiger partial charge in [-0.05, 0) is 13.5 Å². The summed E-state index contributed by atoms with van der Waals surface area (Å²) < 4.78 is 6.57. The van der Waals surface area contributed by atoms with Gasteiger partial charge in [0.05, 0.1) is 13.3 Å². The van der Waals surface area contributed by atoms with Gasteiger partial charge in [0, 0.05) is 23.9 Å². The molecule has 0 radical (unpaired) electrons. The number of aromatic nitrogens is 2. The highest BCUT2D eigenvalue weighted by molar-refractivity contribution is 7.99. The average molecular weight is 257 g/mol. The van der Waals surface area contributed by atoms with Crippen molar-refractivity contribution in [1.29, 1.82) is 0 Å². The number of carbonyl (C=O) groups excluding carboxylic acids is 1. The van der Waals surface area contributed by atoms with Gasteiger partial charge < -0.3 is 10.1 Å². The summed E-state index contributed by atoms with van der Waals surface area (Å²) >= 11 is 1.59. The lowest BCUT2D eigenvalue weighted by atomic mass is 10.1. The molecule has 1 unspecified atom stereocenters. The van der Waals surface area contributed by atoms with Crippen molar-refractivity contribution < 1.29 is 9.53 Å². The van der Waals surface area contributed by atoms with Crippen molar-refractivity contribution in [2.24, 2.45) is 7.05 Å². The Labute approximate surface area is 106 Å². The average Bonchev–Trinajstić information content (AvgIpc) is 2.72. The fourth-order valence-corrected chi connectivity index (χ4v) is 2.52. The van der Waals surface area contributed by atoms with Gasteiger partial charge in [0.25, 0.3) is 0 Å². The molecule has 1 rings (SSSR count). The number of ether oxygens (including phenoxy) is 1. The normalized spacial score (nSPS) is 14.4. The van der Waals surface area contributed by atoms with E-state index >= 15 is 0 Å². The molecule has 0 aliphatic carbocycles. The molecule has 0 saturated heterocycles. The minimum atomic E-state index is -0.663. The van der Waals surface area contributed by atoms with E-state index in [1.54, 1.807) is 22.6 Å². The van der Waals surface area contributed by atoms with E-state index in [4.69, 9.17) is 4.74 Å². The molecule has 0 aliphatic heterocycles. The van der Waals surface area contributed by atoms with Crippen LogP contribution in [0.4, 0.5) is 0 Å². The van der Waals surface area contributed by atoms with Gasteiger partial charge in [0.2, 0.25) is 0 Å². The lowest BCUT2D eigenvalue weighted by Crippen LogP contribution is -2.52. The van der Waals surface area contributed by atoms with Crippen LogP contribution in [0, 0.1) is 0 Å². The van der Waals surface area contributed by atoms with Crippen LogP contribution in [0.25, 0.3) is 0 Å². The van der Waals surface area contributed by atoms with Crippen molar-refractivity contribution in [3.05, 3.63) is 12.4 Å². The molecule has 0 saturated carbocycles. The molecular formula is C11H19N3O2S. The number of hydrogen-bond donors (Lipinski definition) is 1. The third-order valence-corrected chi connectivity index (χ3v) is 3.68. The Balaban J connectivity index is 2.64. The number of hydrogen-bond acceptors (Lipinski definition) is 5. The molecule has 0 amide bonds. The van der Waals surface area contributed by atoms with Crippen LogP contribution in [0.1, 0.15) is 13.8 Å². The van der Waals surface area contributed by atoms with Gasteiger partial charge in [-0.2, -0.15) is 5.10 Å². The number of rotatable bonds is 6. The summed E-state index contributed by atoms with van der Waals surface area (Å²) in [5, 5.41) is 7.25. The molecule has 5 nitrogen and oxygen atoms in total. The van der Waals surface area contributed by atoms with Crippen LogP contribution < -0.4 is 5.32 Å². The van der Waals surface area contributed by atoms with Crippen LogP contribution >= 0.6 is 11.8 Å². The second-order valence-corrected chi connectivity index (χ2v) is 5.04. The fourth-order valence-electron chi connectivity index (χ4n) is 1.50. The summed E-state index contributed by atoms with van der Waals surface area (Å²) in [7, 11) is 3.28. The maximum Gasteiger partial charge on any atom is 0.326 e. The molecule has 0 aliphatic rings. The van der Waals surface area contributed by atoms with Crippen molar-refractivity contribution in [3.63, 3.8) is 0 Å². The molecule has 0 bridgehead atoms. The van der Waals surface area contributed by atoms with E-state index in [2.05, 4.69) is 10.4 Å². The molecule has 0 fully saturated rings. The smallest absolute Gasteiger partial charge is 0.326 e. The molecule has 1 aromatic rings. The quantitative estimate of drug-likeness (QED) is 0.610. The molecule has 6 heteroatoms. The first kappa shape index (κ1) is 14.1. The summed E-state index contributed by atoms with van der Waals surface area (Å²) in [5.74, 6) is 0.370. The zero-order valence-electron chi connectivity index (χ0n) is 10.7. The minimum Gasteiger partial charge on any atom is -0.468 e. The van der Waals surface area contributed by atoms with Crippen LogP contribution in [0.2, 0.25) is 0 Å². The number of methoxy groups -OCH3 is 1. The molecule has 17 heavy (non-hydrogen) atoms. The molecule has 1 atom stereocenters. The van der Waals surface area contributed by atoms with Gasteiger partial charge in [-0.1, -0.05) is 6.92 Å². The van der Waals surface area contributed by atoms with Gasteiger partial charge in [0.15, 0.2) is 0 Å². The Morgan fingerprint density at radius 1 is 1.71 bits per heavy atom. The molecule has 96 valence electrons. The zero-order valence-corrected chi connectivity index (χ0v) is 11.5. The van der Waals surface area contributed by atoms with Crippen LogP contribution in [0.15, 0.2) is 17.3 Å². The Morgan fingerprint density at radius 3 is 2.88 bits per heavy atom. The summed E-state index contributed by atoms with van der Waals surface area (Å²) in [5.41, 5.74) is -0.663. The summed E-state index contributed by atoms with van der Waals surface area (Å²) in [6.45, 7) is 4.54. The summed E-state index contributed by atoms with van der Waals surface area (Å²) in [6.07, 6.45) is 3.71. The first-order valence-electron chi connectivity index (χ1n) is 5.46. The largest absolute Gasteiger partial charge is 0.468 e. The fraction of sp³-hybridized carbons (Fsp3) is 0.636. The Morgan fingerprint density at radius 2 is 2.41 bits per heavy atom. The maximum absolute atomic E-state index is 11.7. The minimum absolute atomic E-state index is 0.240. The number of aryl methyl sites for hydroxylation is 1. The Kier molecular flexibility index (Phi) is 5.02. The third kappa shape index (κ3) is 3.74. The summed E-state index contributed by atoms with van der Waals surface area (Å²) in [4.78, 5) is 12.8. The van der Waals surface area contributed by atoms with E-state index in [9.17, 15) is 4.79 Å². The number of likely N-dealkylation sites (N-methyl/N-ethyl adjacent to an activating group) is 1. The highest BCUT2D eigenvalue weighted by atomic mass is 32.2. The number of nitrogens with zero attached hydrogens (tertiary/aromatic N) is 2. The van der Waals surface area contributed by atoms with Crippen LogP contribution in [0.3, 0.4) is 0 Å². The molecule has 1 heterocycles. The number of nitrogens with one attached hydrogen (secondary N) is 1. The maximum atomic E-state index is 11.7. The Hall–Kier alpha value is -1.01. The van der Waals surface area contributed by atoms with Crippen LogP contribution in [0.5, 0.6) is 0 Å². The molecule has 0 aromatic carbocycles. The number of esters is 1. The topological polar surface area (TPSA) is 56.2 Å². The van der Waals surface area contributed by atoms with E-state index < -0.39 is 5.54 Å². The number of thioether (sulfide) groups is 1. The van der Waals surface area contributed by atoms with Crippen LogP contribution in [-0.4, -0.2) is 40.7 Å². The van der Waals surface area contributed by atoms with Gasteiger partial charge in [0.1, 0.15) is 5.54 Å². The highest BCUT2D eigenvalue weighted by Crippen LogP contribution is 2.22. The molecule has 0 spiro atoms. The highest BCUT2D eigenvalue weighted by Gasteiger charge is 2.33. The Bertz CT molecular complexity index is 381. The SMILES string of the molecule is CCNC(C)(CSc1cnn(C)c1)C(=O)OC. The second-order valence-electron chi connectivity index (χ2n) is 3.99. The monoisotopic (exact) mass is 257 g/mol. The zero-order chi connectivity index (χ0) is 12.9. The van der Waals surface area contributed by atoms with Crippen molar-refractivity contribution in [3.8, 4) is 0 Å². The van der Waals surface area contributed by atoms with E-state index in [1.807, 2.05) is 27.1 Å². The van der Waals surface area contributed by atoms with Gasteiger partial charge >= 0.3 is 5.97 Å². The van der Waals surface area contributed by atoms with Crippen molar-refractivity contribution >= 4 is 17.7 Å². The number of carbonyl (C=O) groups is 1. The second kappa shape index (κ2) is 6.07.